The molecule has 1 atom stereocenters. The van der Waals surface area contributed by atoms with Crippen LogP contribution in [0.1, 0.15) is 26.7 Å². The summed E-state index contributed by atoms with van der Waals surface area (Å²) in [6.45, 7) is 4.21. The zero-order chi connectivity index (χ0) is 21.0. The van der Waals surface area contributed by atoms with E-state index in [0.717, 1.165) is 12.1 Å². The van der Waals surface area contributed by atoms with Crippen LogP contribution in [-0.2, 0) is 14.8 Å². The lowest BCUT2D eigenvalue weighted by atomic mass is 9.98. The van der Waals surface area contributed by atoms with Crippen molar-refractivity contribution in [2.45, 2.75) is 37.7 Å². The van der Waals surface area contributed by atoms with Gasteiger partial charge in [0.1, 0.15) is 11.6 Å². The maximum absolute atomic E-state index is 13.1. The van der Waals surface area contributed by atoms with Crippen molar-refractivity contribution >= 4 is 21.6 Å². The van der Waals surface area contributed by atoms with Gasteiger partial charge in [-0.25, -0.2) is 12.8 Å². The fourth-order valence-electron chi connectivity index (χ4n) is 3.29. The lowest BCUT2D eigenvalue weighted by molar-refractivity contribution is -0.120. The average molecular weight is 421 g/mol. The van der Waals surface area contributed by atoms with Gasteiger partial charge in [-0.15, -0.1) is 0 Å². The topological polar surface area (TPSA) is 75.7 Å². The Labute approximate surface area is 170 Å². The molecule has 1 heterocycles. The quantitative estimate of drug-likeness (QED) is 0.774. The van der Waals surface area contributed by atoms with Crippen LogP contribution in [0.15, 0.2) is 53.4 Å². The first-order valence-corrected chi connectivity index (χ1v) is 11.0. The lowest BCUT2D eigenvalue weighted by Crippen LogP contribution is -2.43. The number of amides is 1. The van der Waals surface area contributed by atoms with Crippen LogP contribution >= 0.6 is 0 Å². The molecule has 1 unspecified atom stereocenters. The molecule has 0 aliphatic carbocycles. The number of hydrogen-bond donors (Lipinski definition) is 1. The Bertz CT molecular complexity index is 961. The molecule has 0 radical (unpaired) electrons. The SMILES string of the molecule is CC(C)Oc1ccccc1NC(=O)C1CCCN(S(=O)(=O)c2ccc(F)cc2)C1. The molecule has 1 aliphatic heterocycles. The van der Waals surface area contributed by atoms with Gasteiger partial charge in [0.25, 0.3) is 0 Å². The van der Waals surface area contributed by atoms with Crippen LogP contribution in [-0.4, -0.2) is 37.8 Å². The fourth-order valence-corrected chi connectivity index (χ4v) is 4.82. The van der Waals surface area contributed by atoms with E-state index in [2.05, 4.69) is 5.32 Å². The molecule has 1 aliphatic rings. The van der Waals surface area contributed by atoms with Crippen molar-refractivity contribution < 1.29 is 22.3 Å². The van der Waals surface area contributed by atoms with E-state index in [0.29, 0.717) is 30.8 Å². The van der Waals surface area contributed by atoms with Gasteiger partial charge in [-0.2, -0.15) is 4.31 Å². The number of para-hydroxylation sites is 2. The predicted octanol–water partition coefficient (Wildman–Crippen LogP) is 3.65. The van der Waals surface area contributed by atoms with Crippen LogP contribution in [0.2, 0.25) is 0 Å². The van der Waals surface area contributed by atoms with E-state index in [4.69, 9.17) is 4.74 Å². The normalized spacial score (nSPS) is 17.9. The second-order valence-corrected chi connectivity index (χ2v) is 9.25. The molecule has 1 N–H and O–H groups in total. The van der Waals surface area contributed by atoms with Gasteiger partial charge in [-0.1, -0.05) is 12.1 Å². The van der Waals surface area contributed by atoms with Crippen molar-refractivity contribution in [3.8, 4) is 5.75 Å². The van der Waals surface area contributed by atoms with Crippen LogP contribution in [0.3, 0.4) is 0 Å². The van der Waals surface area contributed by atoms with E-state index in [1.807, 2.05) is 19.9 Å². The smallest absolute Gasteiger partial charge is 0.243 e. The largest absolute Gasteiger partial charge is 0.489 e. The molecule has 156 valence electrons. The van der Waals surface area contributed by atoms with Gasteiger partial charge in [-0.3, -0.25) is 4.79 Å². The summed E-state index contributed by atoms with van der Waals surface area (Å²) in [4.78, 5) is 12.8. The van der Waals surface area contributed by atoms with Crippen molar-refractivity contribution in [2.75, 3.05) is 18.4 Å². The molecule has 0 saturated carbocycles. The van der Waals surface area contributed by atoms with Crippen molar-refractivity contribution in [3.63, 3.8) is 0 Å². The highest BCUT2D eigenvalue weighted by atomic mass is 32.2. The van der Waals surface area contributed by atoms with Crippen LogP contribution < -0.4 is 10.1 Å². The van der Waals surface area contributed by atoms with E-state index >= 15 is 0 Å². The third-order valence-electron chi connectivity index (χ3n) is 4.71. The molecule has 6 nitrogen and oxygen atoms in total. The Balaban J connectivity index is 1.72. The van der Waals surface area contributed by atoms with Gasteiger partial charge >= 0.3 is 0 Å². The van der Waals surface area contributed by atoms with Gasteiger partial charge in [0.2, 0.25) is 15.9 Å². The van der Waals surface area contributed by atoms with E-state index in [-0.39, 0.29) is 23.5 Å². The first-order chi connectivity index (χ1) is 13.8. The van der Waals surface area contributed by atoms with Gasteiger partial charge in [-0.05, 0) is 63.1 Å². The molecule has 2 aromatic rings. The second kappa shape index (κ2) is 8.92. The lowest BCUT2D eigenvalue weighted by Gasteiger charge is -2.31. The molecule has 1 fully saturated rings. The van der Waals surface area contributed by atoms with Gasteiger partial charge in [0.15, 0.2) is 0 Å². The summed E-state index contributed by atoms with van der Waals surface area (Å²) in [5.41, 5.74) is 0.560. The fraction of sp³-hybridized carbons (Fsp3) is 0.381. The summed E-state index contributed by atoms with van der Waals surface area (Å²) >= 11 is 0. The number of hydrogen-bond acceptors (Lipinski definition) is 4. The number of sulfonamides is 1. The molecule has 8 heteroatoms. The number of benzene rings is 2. The van der Waals surface area contributed by atoms with E-state index < -0.39 is 21.8 Å². The molecule has 3 rings (SSSR count). The van der Waals surface area contributed by atoms with E-state index in [1.54, 1.807) is 18.2 Å². The third-order valence-corrected chi connectivity index (χ3v) is 6.59. The molecule has 0 aromatic heterocycles. The Kier molecular flexibility index (Phi) is 6.54. The molecule has 0 bridgehead atoms. The first kappa shape index (κ1) is 21.3. The monoisotopic (exact) mass is 420 g/mol. The summed E-state index contributed by atoms with van der Waals surface area (Å²) in [5.74, 6) is -0.653. The van der Waals surface area contributed by atoms with Crippen molar-refractivity contribution in [1.29, 1.82) is 0 Å². The van der Waals surface area contributed by atoms with Crippen molar-refractivity contribution in [3.05, 3.63) is 54.3 Å². The molecule has 1 saturated heterocycles. The minimum Gasteiger partial charge on any atom is -0.489 e. The van der Waals surface area contributed by atoms with Gasteiger partial charge in [0, 0.05) is 13.1 Å². The number of nitrogens with zero attached hydrogens (tertiary/aromatic N) is 1. The van der Waals surface area contributed by atoms with Crippen molar-refractivity contribution in [1.82, 2.24) is 4.31 Å². The minimum atomic E-state index is -3.78. The molecule has 0 spiro atoms. The maximum atomic E-state index is 13.1. The summed E-state index contributed by atoms with van der Waals surface area (Å²) < 4.78 is 45.9. The number of carbonyl (C=O) groups is 1. The maximum Gasteiger partial charge on any atom is 0.243 e. The first-order valence-electron chi connectivity index (χ1n) is 9.59. The number of ether oxygens (including phenoxy) is 1. The van der Waals surface area contributed by atoms with Crippen molar-refractivity contribution in [2.24, 2.45) is 5.92 Å². The average Bonchev–Trinajstić information content (AvgIpc) is 2.69. The highest BCUT2D eigenvalue weighted by molar-refractivity contribution is 7.89. The summed E-state index contributed by atoms with van der Waals surface area (Å²) in [5, 5.41) is 2.87. The standard InChI is InChI=1S/C21H25FN2O4S/c1-15(2)28-20-8-4-3-7-19(20)23-21(25)16-6-5-13-24(14-16)29(26,27)18-11-9-17(22)10-12-18/h3-4,7-12,15-16H,5-6,13-14H2,1-2H3,(H,23,25). The zero-order valence-corrected chi connectivity index (χ0v) is 17.3. The minimum absolute atomic E-state index is 0.0237. The Morgan fingerprint density at radius 2 is 1.86 bits per heavy atom. The number of carbonyl (C=O) groups excluding carboxylic acids is 1. The van der Waals surface area contributed by atoms with Crippen LogP contribution in [0, 0.1) is 11.7 Å². The number of halogens is 1. The Hall–Kier alpha value is -2.45. The predicted molar refractivity (Wildman–Crippen MR) is 109 cm³/mol. The highest BCUT2D eigenvalue weighted by Gasteiger charge is 2.33. The number of nitrogens with one attached hydrogen (secondary N) is 1. The van der Waals surface area contributed by atoms with E-state index in [9.17, 15) is 17.6 Å². The summed E-state index contributed by atoms with van der Waals surface area (Å²) in [6.07, 6.45) is 1.12. The molecular weight excluding hydrogens is 395 g/mol. The second-order valence-electron chi connectivity index (χ2n) is 7.31. The molecule has 1 amide bonds. The van der Waals surface area contributed by atoms with Crippen LogP contribution in [0.25, 0.3) is 0 Å². The van der Waals surface area contributed by atoms with Crippen LogP contribution in [0.5, 0.6) is 5.75 Å². The Morgan fingerprint density at radius 3 is 2.55 bits per heavy atom. The zero-order valence-electron chi connectivity index (χ0n) is 16.5. The third kappa shape index (κ3) is 5.13. The summed E-state index contributed by atoms with van der Waals surface area (Å²) in [7, 11) is -3.78. The number of piperidine rings is 1. The summed E-state index contributed by atoms with van der Waals surface area (Å²) in [6, 6.07) is 11.9. The highest BCUT2D eigenvalue weighted by Crippen LogP contribution is 2.28. The number of anilines is 1. The number of rotatable bonds is 6. The van der Waals surface area contributed by atoms with Crippen LogP contribution in [0.4, 0.5) is 10.1 Å². The Morgan fingerprint density at radius 1 is 1.17 bits per heavy atom. The molecule has 29 heavy (non-hydrogen) atoms. The van der Waals surface area contributed by atoms with E-state index in [1.165, 1.54) is 16.4 Å². The van der Waals surface area contributed by atoms with Gasteiger partial charge in [0.05, 0.1) is 22.6 Å². The van der Waals surface area contributed by atoms with Gasteiger partial charge < -0.3 is 10.1 Å². The molecule has 2 aromatic carbocycles. The molecular formula is C21H25FN2O4S.